The summed E-state index contributed by atoms with van der Waals surface area (Å²) in [5.74, 6) is 0.651. The van der Waals surface area contributed by atoms with Crippen LogP contribution >= 0.6 is 11.8 Å². The number of carbonyl (C=O) groups excluding carboxylic acids is 1. The highest BCUT2D eigenvalue weighted by molar-refractivity contribution is 8.00. The normalized spacial score (nSPS) is 11.9. The fourth-order valence-electron chi connectivity index (χ4n) is 2.27. The number of hydrogen-bond donors (Lipinski definition) is 2. The Morgan fingerprint density at radius 3 is 2.72 bits per heavy atom. The van der Waals surface area contributed by atoms with E-state index in [4.69, 9.17) is 0 Å². The van der Waals surface area contributed by atoms with E-state index in [9.17, 15) is 4.79 Å². The number of thioether (sulfide) groups is 1. The van der Waals surface area contributed by atoms with E-state index in [-0.39, 0.29) is 11.2 Å². The lowest BCUT2D eigenvalue weighted by Crippen LogP contribution is -2.32. The van der Waals surface area contributed by atoms with E-state index in [2.05, 4.69) is 37.6 Å². The van der Waals surface area contributed by atoms with Crippen molar-refractivity contribution in [3.63, 3.8) is 0 Å². The van der Waals surface area contributed by atoms with Crippen LogP contribution in [-0.4, -0.2) is 37.9 Å². The van der Waals surface area contributed by atoms with Crippen LogP contribution in [0, 0.1) is 0 Å². The number of aromatic amines is 1. The Morgan fingerprint density at radius 1 is 1.20 bits per heavy atom. The Bertz CT molecular complexity index is 807. The average Bonchev–Trinajstić information content (AvgIpc) is 3.12. The van der Waals surface area contributed by atoms with Gasteiger partial charge in [-0.3, -0.25) is 14.9 Å². The maximum absolute atomic E-state index is 12.2. The molecule has 3 aromatic rings. The fraction of sp³-hybridized carbons (Fsp3) is 0.222. The van der Waals surface area contributed by atoms with Gasteiger partial charge in [0, 0.05) is 24.5 Å². The molecule has 0 bridgehead atoms. The molecule has 0 aliphatic carbocycles. The first-order valence-corrected chi connectivity index (χ1v) is 8.91. The fourth-order valence-corrected chi connectivity index (χ4v) is 3.02. The van der Waals surface area contributed by atoms with Crippen molar-refractivity contribution < 1.29 is 4.79 Å². The van der Waals surface area contributed by atoms with Gasteiger partial charge in [0.1, 0.15) is 0 Å². The highest BCUT2D eigenvalue weighted by Crippen LogP contribution is 2.22. The van der Waals surface area contributed by atoms with Crippen LogP contribution in [0.3, 0.4) is 0 Å². The minimum atomic E-state index is -0.267. The van der Waals surface area contributed by atoms with Crippen LogP contribution in [0.1, 0.15) is 12.5 Å². The maximum Gasteiger partial charge on any atom is 0.233 e. The molecule has 2 N–H and O–H groups in total. The largest absolute Gasteiger partial charge is 0.355 e. The van der Waals surface area contributed by atoms with Crippen molar-refractivity contribution in [2.75, 3.05) is 6.54 Å². The van der Waals surface area contributed by atoms with E-state index in [1.165, 1.54) is 17.3 Å². The van der Waals surface area contributed by atoms with Gasteiger partial charge in [-0.05, 0) is 31.0 Å². The Hall–Kier alpha value is -2.67. The van der Waals surface area contributed by atoms with Gasteiger partial charge in [-0.25, -0.2) is 4.98 Å². The third-order valence-corrected chi connectivity index (χ3v) is 4.59. The summed E-state index contributed by atoms with van der Waals surface area (Å²) in [6, 6.07) is 13.8. The molecule has 0 fully saturated rings. The summed E-state index contributed by atoms with van der Waals surface area (Å²) < 4.78 is 0. The summed E-state index contributed by atoms with van der Waals surface area (Å²) in [6.45, 7) is 2.47. The molecule has 25 heavy (non-hydrogen) atoms. The predicted octanol–water partition coefficient (Wildman–Crippen LogP) is 2.71. The molecule has 0 aliphatic heterocycles. The van der Waals surface area contributed by atoms with Crippen LogP contribution in [0.25, 0.3) is 11.4 Å². The van der Waals surface area contributed by atoms with Crippen molar-refractivity contribution in [3.05, 3.63) is 60.4 Å². The number of nitrogens with zero attached hydrogens (tertiary/aromatic N) is 3. The standard InChI is InChI=1S/C18H19N5OS/c1-13(17(24)20-12-7-14-5-3-2-4-6-14)25-18-21-16(22-23-18)15-8-10-19-11-9-15/h2-6,8-11,13H,7,12H2,1H3,(H,20,24)(H,21,22,23)/t13-/m1/s1. The first-order chi connectivity index (χ1) is 12.2. The quantitative estimate of drug-likeness (QED) is 0.638. The van der Waals surface area contributed by atoms with E-state index in [0.29, 0.717) is 17.5 Å². The van der Waals surface area contributed by atoms with Crippen molar-refractivity contribution in [1.29, 1.82) is 0 Å². The molecule has 0 radical (unpaired) electrons. The number of aromatic nitrogens is 4. The minimum Gasteiger partial charge on any atom is -0.355 e. The molecule has 0 saturated heterocycles. The number of rotatable bonds is 7. The van der Waals surface area contributed by atoms with Crippen LogP contribution in [-0.2, 0) is 11.2 Å². The number of carbonyl (C=O) groups is 1. The van der Waals surface area contributed by atoms with E-state index in [0.717, 1.165) is 12.0 Å². The molecule has 6 nitrogen and oxygen atoms in total. The number of amides is 1. The topological polar surface area (TPSA) is 83.6 Å². The van der Waals surface area contributed by atoms with Crippen molar-refractivity contribution in [1.82, 2.24) is 25.5 Å². The van der Waals surface area contributed by atoms with Gasteiger partial charge >= 0.3 is 0 Å². The number of H-pyrrole nitrogens is 1. The number of benzene rings is 1. The van der Waals surface area contributed by atoms with Crippen molar-refractivity contribution in [2.24, 2.45) is 0 Å². The molecule has 1 amide bonds. The third-order valence-electron chi connectivity index (χ3n) is 3.63. The highest BCUT2D eigenvalue weighted by atomic mass is 32.2. The molecule has 0 saturated carbocycles. The highest BCUT2D eigenvalue weighted by Gasteiger charge is 2.17. The molecule has 1 atom stereocenters. The Morgan fingerprint density at radius 2 is 1.96 bits per heavy atom. The molecule has 128 valence electrons. The molecule has 1 aromatic carbocycles. The zero-order valence-electron chi connectivity index (χ0n) is 13.8. The van der Waals surface area contributed by atoms with Gasteiger partial charge in [-0.2, -0.15) is 0 Å². The van der Waals surface area contributed by atoms with Crippen LogP contribution in [0.4, 0.5) is 0 Å². The lowest BCUT2D eigenvalue weighted by molar-refractivity contribution is -0.120. The molecular formula is C18H19N5OS. The molecule has 0 aliphatic rings. The second-order valence-corrected chi connectivity index (χ2v) is 6.80. The molecule has 3 rings (SSSR count). The third kappa shape index (κ3) is 4.90. The van der Waals surface area contributed by atoms with E-state index in [1.54, 1.807) is 12.4 Å². The summed E-state index contributed by atoms with van der Waals surface area (Å²) in [5.41, 5.74) is 2.12. The molecular weight excluding hydrogens is 334 g/mol. The van der Waals surface area contributed by atoms with Gasteiger partial charge in [0.2, 0.25) is 11.1 Å². The Kier molecular flexibility index (Phi) is 5.79. The second-order valence-electron chi connectivity index (χ2n) is 5.49. The van der Waals surface area contributed by atoms with Gasteiger partial charge in [-0.15, -0.1) is 5.10 Å². The van der Waals surface area contributed by atoms with E-state index < -0.39 is 0 Å². The first-order valence-electron chi connectivity index (χ1n) is 8.03. The summed E-state index contributed by atoms with van der Waals surface area (Å²) in [4.78, 5) is 20.6. The van der Waals surface area contributed by atoms with Gasteiger partial charge < -0.3 is 5.32 Å². The van der Waals surface area contributed by atoms with Crippen LogP contribution in [0.2, 0.25) is 0 Å². The van der Waals surface area contributed by atoms with Gasteiger partial charge in [0.25, 0.3) is 0 Å². The Labute approximate surface area is 150 Å². The monoisotopic (exact) mass is 353 g/mol. The van der Waals surface area contributed by atoms with Crippen LogP contribution < -0.4 is 5.32 Å². The molecule has 2 aromatic heterocycles. The van der Waals surface area contributed by atoms with Gasteiger partial charge in [0.05, 0.1) is 5.25 Å². The lowest BCUT2D eigenvalue weighted by atomic mass is 10.1. The van der Waals surface area contributed by atoms with Gasteiger partial charge in [-0.1, -0.05) is 42.1 Å². The van der Waals surface area contributed by atoms with Crippen molar-refractivity contribution in [3.8, 4) is 11.4 Å². The summed E-state index contributed by atoms with van der Waals surface area (Å²) in [6.07, 6.45) is 4.22. The maximum atomic E-state index is 12.2. The number of nitrogens with one attached hydrogen (secondary N) is 2. The summed E-state index contributed by atoms with van der Waals surface area (Å²) in [5, 5.41) is 10.3. The number of hydrogen-bond acceptors (Lipinski definition) is 5. The van der Waals surface area contributed by atoms with E-state index >= 15 is 0 Å². The molecule has 7 heteroatoms. The van der Waals surface area contributed by atoms with Crippen molar-refractivity contribution >= 4 is 17.7 Å². The van der Waals surface area contributed by atoms with Crippen LogP contribution in [0.5, 0.6) is 0 Å². The van der Waals surface area contributed by atoms with Crippen molar-refractivity contribution in [2.45, 2.75) is 23.8 Å². The number of pyridine rings is 1. The summed E-state index contributed by atoms with van der Waals surface area (Å²) >= 11 is 1.33. The SMILES string of the molecule is C[C@@H](Sc1n[nH]c(-c2ccncc2)n1)C(=O)NCCc1ccccc1. The second kappa shape index (κ2) is 8.43. The molecule has 2 heterocycles. The van der Waals surface area contributed by atoms with Gasteiger partial charge in [0.15, 0.2) is 5.82 Å². The first kappa shape index (κ1) is 17.2. The zero-order valence-corrected chi connectivity index (χ0v) is 14.7. The molecule has 0 unspecified atom stereocenters. The predicted molar refractivity (Wildman–Crippen MR) is 98.1 cm³/mol. The molecule has 0 spiro atoms. The minimum absolute atomic E-state index is 0.0174. The lowest BCUT2D eigenvalue weighted by Gasteiger charge is -2.10. The summed E-state index contributed by atoms with van der Waals surface area (Å²) in [7, 11) is 0. The van der Waals surface area contributed by atoms with Crippen LogP contribution in [0.15, 0.2) is 60.0 Å². The average molecular weight is 353 g/mol. The van der Waals surface area contributed by atoms with E-state index in [1.807, 2.05) is 37.3 Å². The Balaban J connectivity index is 1.49. The zero-order chi connectivity index (χ0) is 17.5. The smallest absolute Gasteiger partial charge is 0.233 e.